The van der Waals surface area contributed by atoms with E-state index in [1.54, 1.807) is 0 Å². The highest BCUT2D eigenvalue weighted by Crippen LogP contribution is 2.39. The lowest BCUT2D eigenvalue weighted by atomic mass is 10.0. The molecule has 0 saturated heterocycles. The molecular formula is C23H37N5O. The van der Waals surface area contributed by atoms with Crippen LogP contribution in [0.25, 0.3) is 0 Å². The average Bonchev–Trinajstić information content (AvgIpc) is 2.99. The molecule has 0 fully saturated rings. The van der Waals surface area contributed by atoms with Gasteiger partial charge in [0.2, 0.25) is 0 Å². The zero-order valence-electron chi connectivity index (χ0n) is 18.8. The Hall–Kier alpha value is -2.05. The van der Waals surface area contributed by atoms with E-state index in [1.165, 1.54) is 27.9 Å². The number of aliphatic hydroxyl groups excluding tert-OH is 1. The van der Waals surface area contributed by atoms with Crippen LogP contribution in [-0.2, 0) is 13.5 Å². The Morgan fingerprint density at radius 3 is 2.55 bits per heavy atom. The zero-order chi connectivity index (χ0) is 21.0. The molecule has 2 N–H and O–H groups in total. The molecule has 1 aliphatic heterocycles. The third kappa shape index (κ3) is 4.75. The van der Waals surface area contributed by atoms with Gasteiger partial charge in [0.05, 0.1) is 6.61 Å². The Labute approximate surface area is 175 Å². The maximum atomic E-state index is 9.14. The van der Waals surface area contributed by atoms with Gasteiger partial charge in [-0.2, -0.15) is 5.10 Å². The molecule has 0 atom stereocenters. The first-order valence-corrected chi connectivity index (χ1v) is 10.9. The van der Waals surface area contributed by atoms with Crippen molar-refractivity contribution in [3.63, 3.8) is 0 Å². The molecule has 0 radical (unpaired) electrons. The number of nitrogens with one attached hydrogen (secondary N) is 1. The van der Waals surface area contributed by atoms with E-state index in [9.17, 15) is 0 Å². The van der Waals surface area contributed by atoms with E-state index in [1.807, 2.05) is 11.7 Å². The third-order valence-electron chi connectivity index (χ3n) is 5.90. The summed E-state index contributed by atoms with van der Waals surface area (Å²) in [4.78, 5) is 4.69. The van der Waals surface area contributed by atoms with Gasteiger partial charge in [-0.05, 0) is 64.3 Å². The van der Waals surface area contributed by atoms with Crippen molar-refractivity contribution in [2.75, 3.05) is 49.5 Å². The Morgan fingerprint density at radius 2 is 1.90 bits per heavy atom. The first-order valence-electron chi connectivity index (χ1n) is 10.9. The highest BCUT2D eigenvalue weighted by atomic mass is 16.3. The summed E-state index contributed by atoms with van der Waals surface area (Å²) in [6, 6.07) is 4.54. The summed E-state index contributed by atoms with van der Waals surface area (Å²) in [6.07, 6.45) is 3.26. The Bertz CT molecular complexity index is 806. The number of hydrogen-bond donors (Lipinski definition) is 2. The van der Waals surface area contributed by atoms with Crippen molar-refractivity contribution in [3.8, 4) is 0 Å². The van der Waals surface area contributed by atoms with E-state index in [-0.39, 0.29) is 6.61 Å². The highest BCUT2D eigenvalue weighted by molar-refractivity contribution is 5.74. The molecule has 6 heteroatoms. The molecule has 0 saturated carbocycles. The van der Waals surface area contributed by atoms with Crippen LogP contribution in [0.3, 0.4) is 0 Å². The second-order valence-electron chi connectivity index (χ2n) is 8.22. The maximum absolute atomic E-state index is 9.14. The minimum Gasteiger partial charge on any atom is -0.395 e. The monoisotopic (exact) mass is 399 g/mol. The maximum Gasteiger partial charge on any atom is 0.160 e. The number of benzene rings is 1. The molecule has 1 aliphatic rings. The van der Waals surface area contributed by atoms with Gasteiger partial charge < -0.3 is 20.2 Å². The Kier molecular flexibility index (Phi) is 7.19. The quantitative estimate of drug-likeness (QED) is 0.632. The van der Waals surface area contributed by atoms with E-state index < -0.39 is 0 Å². The largest absolute Gasteiger partial charge is 0.395 e. The van der Waals surface area contributed by atoms with E-state index in [0.29, 0.717) is 0 Å². The van der Waals surface area contributed by atoms with Gasteiger partial charge in [0.25, 0.3) is 0 Å². The molecule has 0 bridgehead atoms. The second-order valence-corrected chi connectivity index (χ2v) is 8.22. The van der Waals surface area contributed by atoms with Crippen LogP contribution in [0.15, 0.2) is 12.1 Å². The molecule has 1 aromatic carbocycles. The van der Waals surface area contributed by atoms with E-state index in [0.717, 1.165) is 63.6 Å². The van der Waals surface area contributed by atoms with Crippen LogP contribution in [0.1, 0.15) is 42.0 Å². The number of likely N-dealkylation sites (N-methyl/N-ethyl adjacent to an activating group) is 1. The smallest absolute Gasteiger partial charge is 0.160 e. The van der Waals surface area contributed by atoms with Crippen LogP contribution < -0.4 is 10.2 Å². The van der Waals surface area contributed by atoms with Crippen LogP contribution in [0, 0.1) is 20.8 Å². The number of hydrogen-bond acceptors (Lipinski definition) is 5. The second kappa shape index (κ2) is 9.63. The molecule has 0 unspecified atom stereocenters. The van der Waals surface area contributed by atoms with E-state index >= 15 is 0 Å². The summed E-state index contributed by atoms with van der Waals surface area (Å²) >= 11 is 0. The molecular weight excluding hydrogens is 362 g/mol. The van der Waals surface area contributed by atoms with Gasteiger partial charge in [-0.3, -0.25) is 4.68 Å². The van der Waals surface area contributed by atoms with E-state index in [2.05, 4.69) is 54.9 Å². The van der Waals surface area contributed by atoms with Crippen molar-refractivity contribution >= 4 is 17.3 Å². The number of aromatic nitrogens is 2. The van der Waals surface area contributed by atoms with E-state index in [4.69, 9.17) is 10.2 Å². The Balaban J connectivity index is 1.76. The van der Waals surface area contributed by atoms with Crippen molar-refractivity contribution in [1.29, 1.82) is 0 Å². The van der Waals surface area contributed by atoms with Gasteiger partial charge in [0, 0.05) is 37.9 Å². The molecule has 0 amide bonds. The number of anilines is 3. The van der Waals surface area contributed by atoms with Gasteiger partial charge in [0.15, 0.2) is 5.82 Å². The topological polar surface area (TPSA) is 56.6 Å². The SMILES string of the molecule is CCN(CCO)CCCNc1c2c(nn1C)N(c1c(C)cc(C)cc1C)CCC2. The minimum absolute atomic E-state index is 0.226. The third-order valence-corrected chi connectivity index (χ3v) is 5.90. The van der Waals surface area contributed by atoms with Crippen LogP contribution in [0.5, 0.6) is 0 Å². The Morgan fingerprint density at radius 1 is 1.17 bits per heavy atom. The normalized spacial score (nSPS) is 13.8. The van der Waals surface area contributed by atoms with Crippen LogP contribution in [-0.4, -0.2) is 59.1 Å². The van der Waals surface area contributed by atoms with Gasteiger partial charge >= 0.3 is 0 Å². The molecule has 3 rings (SSSR count). The zero-order valence-corrected chi connectivity index (χ0v) is 18.8. The molecule has 0 aliphatic carbocycles. The molecule has 6 nitrogen and oxygen atoms in total. The summed E-state index contributed by atoms with van der Waals surface area (Å²) in [5, 5.41) is 17.7. The van der Waals surface area contributed by atoms with Gasteiger partial charge in [-0.1, -0.05) is 24.6 Å². The summed E-state index contributed by atoms with van der Waals surface area (Å²) in [5.41, 5.74) is 6.59. The summed E-state index contributed by atoms with van der Waals surface area (Å²) < 4.78 is 2.01. The fourth-order valence-corrected chi connectivity index (χ4v) is 4.64. The van der Waals surface area contributed by atoms with Crippen LogP contribution in [0.2, 0.25) is 0 Å². The standard InChI is InChI=1S/C23H37N5O/c1-6-27(13-14-29)11-8-10-24-22-20-9-7-12-28(23(20)25-26(22)5)21-18(3)15-17(2)16-19(21)4/h15-16,24,29H,6-14H2,1-5H3. The molecule has 160 valence electrons. The van der Waals surface area contributed by atoms with Crippen molar-refractivity contribution in [2.45, 2.75) is 47.0 Å². The lowest BCUT2D eigenvalue weighted by Crippen LogP contribution is -2.29. The van der Waals surface area contributed by atoms with Gasteiger partial charge in [-0.15, -0.1) is 0 Å². The molecule has 29 heavy (non-hydrogen) atoms. The van der Waals surface area contributed by atoms with Crippen molar-refractivity contribution in [1.82, 2.24) is 14.7 Å². The number of aliphatic hydroxyl groups is 1. The number of rotatable bonds is 9. The minimum atomic E-state index is 0.226. The fourth-order valence-electron chi connectivity index (χ4n) is 4.64. The fraction of sp³-hybridized carbons (Fsp3) is 0.609. The van der Waals surface area contributed by atoms with Gasteiger partial charge in [-0.25, -0.2) is 0 Å². The van der Waals surface area contributed by atoms with Crippen LogP contribution in [0.4, 0.5) is 17.3 Å². The first kappa shape index (κ1) is 21.7. The summed E-state index contributed by atoms with van der Waals surface area (Å²) in [7, 11) is 2.04. The predicted octanol–water partition coefficient (Wildman–Crippen LogP) is 3.55. The van der Waals surface area contributed by atoms with Crippen LogP contribution >= 0.6 is 0 Å². The summed E-state index contributed by atoms with van der Waals surface area (Å²) in [6.45, 7) is 13.6. The molecule has 1 aromatic heterocycles. The lowest BCUT2D eigenvalue weighted by Gasteiger charge is -2.30. The first-order chi connectivity index (χ1) is 14.0. The number of nitrogens with zero attached hydrogens (tertiary/aromatic N) is 4. The molecule has 0 spiro atoms. The number of aryl methyl sites for hydroxylation is 4. The van der Waals surface area contributed by atoms with Gasteiger partial charge in [0.1, 0.15) is 5.82 Å². The lowest BCUT2D eigenvalue weighted by molar-refractivity contribution is 0.201. The average molecular weight is 400 g/mol. The number of fused-ring (bicyclic) bond motifs is 1. The predicted molar refractivity (Wildman–Crippen MR) is 121 cm³/mol. The van der Waals surface area contributed by atoms with Crippen molar-refractivity contribution in [2.24, 2.45) is 7.05 Å². The highest BCUT2D eigenvalue weighted by Gasteiger charge is 2.27. The van der Waals surface area contributed by atoms with Crippen molar-refractivity contribution < 1.29 is 5.11 Å². The van der Waals surface area contributed by atoms with Crippen molar-refractivity contribution in [3.05, 3.63) is 34.4 Å². The molecule has 2 aromatic rings. The molecule has 2 heterocycles. The summed E-state index contributed by atoms with van der Waals surface area (Å²) in [5.74, 6) is 2.25.